The number of nitrogens with zero attached hydrogens (tertiary/aromatic N) is 3. The first-order valence-electron chi connectivity index (χ1n) is 5.45. The molecular formula is C11H11BrN4O2. The van der Waals surface area contributed by atoms with Gasteiger partial charge in [0, 0.05) is 16.7 Å². The van der Waals surface area contributed by atoms with E-state index in [0.29, 0.717) is 30.5 Å². The van der Waals surface area contributed by atoms with E-state index in [-0.39, 0.29) is 0 Å². The van der Waals surface area contributed by atoms with Crippen LogP contribution in [0.4, 0.5) is 5.82 Å². The van der Waals surface area contributed by atoms with E-state index in [9.17, 15) is 0 Å². The Kier molecular flexibility index (Phi) is 3.02. The molecule has 1 aliphatic heterocycles. The van der Waals surface area contributed by atoms with Crippen LogP contribution in [0, 0.1) is 0 Å². The Morgan fingerprint density at radius 1 is 1.28 bits per heavy atom. The van der Waals surface area contributed by atoms with Gasteiger partial charge in [-0.25, -0.2) is 9.67 Å². The molecule has 0 aliphatic carbocycles. The van der Waals surface area contributed by atoms with Crippen molar-refractivity contribution in [3.8, 4) is 5.82 Å². The van der Waals surface area contributed by atoms with Crippen LogP contribution in [0.25, 0.3) is 5.82 Å². The number of halogens is 1. The Balaban J connectivity index is 1.99. The molecule has 0 spiro atoms. The molecule has 2 N–H and O–H groups in total. The van der Waals surface area contributed by atoms with Crippen molar-refractivity contribution in [2.24, 2.45) is 0 Å². The van der Waals surface area contributed by atoms with E-state index in [2.05, 4.69) is 26.0 Å². The molecule has 7 heteroatoms. The number of hydrogen-bond acceptors (Lipinski definition) is 5. The average molecular weight is 311 g/mol. The van der Waals surface area contributed by atoms with Gasteiger partial charge < -0.3 is 15.2 Å². The molecule has 0 atom stereocenters. The van der Waals surface area contributed by atoms with E-state index in [1.54, 1.807) is 16.9 Å². The fourth-order valence-electron chi connectivity index (χ4n) is 1.72. The van der Waals surface area contributed by atoms with Gasteiger partial charge in [0.2, 0.25) is 6.29 Å². The second kappa shape index (κ2) is 4.68. The minimum absolute atomic E-state index is 0.424. The lowest BCUT2D eigenvalue weighted by Crippen LogP contribution is -2.07. The van der Waals surface area contributed by atoms with E-state index >= 15 is 0 Å². The topological polar surface area (TPSA) is 75.2 Å². The third-order valence-electron chi connectivity index (χ3n) is 2.55. The summed E-state index contributed by atoms with van der Waals surface area (Å²) < 4.78 is 13.4. The number of hydrogen-bond donors (Lipinski definition) is 1. The van der Waals surface area contributed by atoms with Crippen LogP contribution in [0.1, 0.15) is 12.0 Å². The van der Waals surface area contributed by atoms with Crippen LogP contribution in [0.5, 0.6) is 0 Å². The van der Waals surface area contributed by atoms with Crippen LogP contribution in [0.3, 0.4) is 0 Å². The van der Waals surface area contributed by atoms with Crippen LogP contribution >= 0.6 is 15.9 Å². The molecule has 0 amide bonds. The molecule has 18 heavy (non-hydrogen) atoms. The lowest BCUT2D eigenvalue weighted by atomic mass is 10.3. The zero-order chi connectivity index (χ0) is 12.5. The zero-order valence-electron chi connectivity index (χ0n) is 9.41. The standard InChI is InChI=1S/C11H11BrN4O2/c12-7-1-2-9(16-4-3-8(13)15-16)14-10(7)11-17-5-6-18-11/h1-4,11H,5-6H2,(H2,13,15). The molecule has 0 saturated carbocycles. The highest BCUT2D eigenvalue weighted by molar-refractivity contribution is 9.10. The minimum atomic E-state index is -0.424. The summed E-state index contributed by atoms with van der Waals surface area (Å²) in [5.74, 6) is 1.12. The fourth-order valence-corrected chi connectivity index (χ4v) is 2.13. The maximum atomic E-state index is 5.59. The molecule has 3 rings (SSSR count). The van der Waals surface area contributed by atoms with E-state index in [0.717, 1.165) is 4.47 Å². The minimum Gasteiger partial charge on any atom is -0.382 e. The van der Waals surface area contributed by atoms with Crippen LogP contribution in [0.2, 0.25) is 0 Å². The van der Waals surface area contributed by atoms with Gasteiger partial charge in [0.15, 0.2) is 5.82 Å². The second-order valence-corrected chi connectivity index (χ2v) is 4.65. The van der Waals surface area contributed by atoms with E-state index in [4.69, 9.17) is 15.2 Å². The Hall–Kier alpha value is -1.44. The third kappa shape index (κ3) is 2.12. The van der Waals surface area contributed by atoms with Crippen LogP contribution in [-0.2, 0) is 9.47 Å². The number of anilines is 1. The van der Waals surface area contributed by atoms with E-state index in [1.807, 2.05) is 12.1 Å². The Morgan fingerprint density at radius 2 is 2.06 bits per heavy atom. The summed E-state index contributed by atoms with van der Waals surface area (Å²) in [6.07, 6.45) is 1.33. The van der Waals surface area contributed by atoms with Gasteiger partial charge in [-0.15, -0.1) is 5.10 Å². The van der Waals surface area contributed by atoms with Gasteiger partial charge in [-0.2, -0.15) is 0 Å². The summed E-state index contributed by atoms with van der Waals surface area (Å²) in [4.78, 5) is 4.49. The number of pyridine rings is 1. The average Bonchev–Trinajstić information content (AvgIpc) is 3.01. The highest BCUT2D eigenvalue weighted by Gasteiger charge is 2.23. The number of rotatable bonds is 2. The predicted molar refractivity (Wildman–Crippen MR) is 68.1 cm³/mol. The highest BCUT2D eigenvalue weighted by Crippen LogP contribution is 2.28. The van der Waals surface area contributed by atoms with Crippen molar-refractivity contribution in [1.29, 1.82) is 0 Å². The molecule has 0 aromatic carbocycles. The van der Waals surface area contributed by atoms with Crippen molar-refractivity contribution in [2.75, 3.05) is 18.9 Å². The Bertz CT molecular complexity index is 566. The first-order valence-corrected chi connectivity index (χ1v) is 6.24. The molecule has 94 valence electrons. The van der Waals surface area contributed by atoms with Crippen molar-refractivity contribution in [1.82, 2.24) is 14.8 Å². The van der Waals surface area contributed by atoms with E-state index in [1.165, 1.54) is 0 Å². The summed E-state index contributed by atoms with van der Waals surface area (Å²) in [5, 5.41) is 4.11. The summed E-state index contributed by atoms with van der Waals surface area (Å²) >= 11 is 3.44. The quantitative estimate of drug-likeness (QED) is 0.913. The van der Waals surface area contributed by atoms with Crippen molar-refractivity contribution in [3.63, 3.8) is 0 Å². The van der Waals surface area contributed by atoms with Gasteiger partial charge >= 0.3 is 0 Å². The summed E-state index contributed by atoms with van der Waals surface area (Å²) in [5.41, 5.74) is 6.30. The first kappa shape index (κ1) is 11.6. The Labute approximate surface area is 112 Å². The molecule has 1 aliphatic rings. The number of nitrogens with two attached hydrogens (primary N) is 1. The first-order chi connectivity index (χ1) is 8.74. The molecule has 1 fully saturated rings. The number of aromatic nitrogens is 3. The van der Waals surface area contributed by atoms with Crippen LogP contribution in [0.15, 0.2) is 28.9 Å². The van der Waals surface area contributed by atoms with Crippen LogP contribution in [-0.4, -0.2) is 28.0 Å². The monoisotopic (exact) mass is 310 g/mol. The zero-order valence-corrected chi connectivity index (χ0v) is 11.0. The lowest BCUT2D eigenvalue weighted by Gasteiger charge is -2.11. The normalized spacial score (nSPS) is 16.3. The third-order valence-corrected chi connectivity index (χ3v) is 3.22. The molecule has 0 radical (unpaired) electrons. The van der Waals surface area contributed by atoms with Gasteiger partial charge in [-0.3, -0.25) is 0 Å². The maximum Gasteiger partial charge on any atom is 0.202 e. The molecule has 0 unspecified atom stereocenters. The van der Waals surface area contributed by atoms with Crippen molar-refractivity contribution < 1.29 is 9.47 Å². The molecule has 3 heterocycles. The molecule has 1 saturated heterocycles. The van der Waals surface area contributed by atoms with Crippen molar-refractivity contribution in [3.05, 3.63) is 34.6 Å². The van der Waals surface area contributed by atoms with Gasteiger partial charge in [-0.1, -0.05) is 0 Å². The fraction of sp³-hybridized carbons (Fsp3) is 0.273. The largest absolute Gasteiger partial charge is 0.382 e. The number of ether oxygens (including phenoxy) is 2. The lowest BCUT2D eigenvalue weighted by molar-refractivity contribution is -0.0478. The van der Waals surface area contributed by atoms with Crippen molar-refractivity contribution >= 4 is 21.7 Å². The van der Waals surface area contributed by atoms with Gasteiger partial charge in [0.1, 0.15) is 11.5 Å². The highest BCUT2D eigenvalue weighted by atomic mass is 79.9. The van der Waals surface area contributed by atoms with Crippen LogP contribution < -0.4 is 5.73 Å². The Morgan fingerprint density at radius 3 is 2.72 bits per heavy atom. The summed E-state index contributed by atoms with van der Waals surface area (Å²) in [6.45, 7) is 1.16. The maximum absolute atomic E-state index is 5.59. The second-order valence-electron chi connectivity index (χ2n) is 3.80. The molecule has 2 aromatic heterocycles. The molecular weight excluding hydrogens is 300 g/mol. The SMILES string of the molecule is Nc1ccn(-c2ccc(Br)c(C3OCCO3)n2)n1. The molecule has 2 aromatic rings. The molecule has 0 bridgehead atoms. The smallest absolute Gasteiger partial charge is 0.202 e. The molecule has 6 nitrogen and oxygen atoms in total. The summed E-state index contributed by atoms with van der Waals surface area (Å²) in [7, 11) is 0. The van der Waals surface area contributed by atoms with Gasteiger partial charge in [0.25, 0.3) is 0 Å². The predicted octanol–water partition coefficient (Wildman–Crippen LogP) is 1.66. The summed E-state index contributed by atoms with van der Waals surface area (Å²) in [6, 6.07) is 5.45. The number of nitrogen functional groups attached to an aromatic ring is 1. The van der Waals surface area contributed by atoms with Crippen molar-refractivity contribution in [2.45, 2.75) is 6.29 Å². The van der Waals surface area contributed by atoms with Gasteiger partial charge in [0.05, 0.1) is 13.2 Å². The van der Waals surface area contributed by atoms with E-state index < -0.39 is 6.29 Å². The van der Waals surface area contributed by atoms with Gasteiger partial charge in [-0.05, 0) is 28.1 Å².